The van der Waals surface area contributed by atoms with Crippen molar-refractivity contribution >= 4 is 23.4 Å². The molecule has 0 heterocycles. The Morgan fingerprint density at radius 3 is 1.68 bits per heavy atom. The predicted octanol–water partition coefficient (Wildman–Crippen LogP) is 4.88. The zero-order valence-electron chi connectivity index (χ0n) is 20.6. The Labute approximate surface area is 189 Å². The van der Waals surface area contributed by atoms with Crippen LogP contribution in [0.1, 0.15) is 118 Å². The van der Waals surface area contributed by atoms with Crippen LogP contribution >= 0.6 is 0 Å². The summed E-state index contributed by atoms with van der Waals surface area (Å²) in [5, 5.41) is 5.98. The maximum Gasteiger partial charge on any atom is 0.222 e. The smallest absolute Gasteiger partial charge is 0.222 e. The topological polar surface area (TPSA) is 92.3 Å². The van der Waals surface area contributed by atoms with Crippen molar-refractivity contribution in [2.75, 3.05) is 0 Å². The molecule has 0 aromatic carbocycles. The third-order valence-electron chi connectivity index (χ3n) is 5.53. The van der Waals surface area contributed by atoms with Crippen LogP contribution in [0.15, 0.2) is 0 Å². The highest BCUT2D eigenvalue weighted by Crippen LogP contribution is 2.14. The minimum Gasteiger partial charge on any atom is -0.353 e. The maximum atomic E-state index is 12.6. The van der Waals surface area contributed by atoms with Gasteiger partial charge in [0.1, 0.15) is 11.6 Å². The Morgan fingerprint density at radius 1 is 0.645 bits per heavy atom. The van der Waals surface area contributed by atoms with Crippen molar-refractivity contribution in [2.24, 2.45) is 5.92 Å². The first-order valence-electron chi connectivity index (χ1n) is 12.2. The van der Waals surface area contributed by atoms with Crippen molar-refractivity contribution in [3.8, 4) is 0 Å². The molecular weight excluding hydrogens is 392 g/mol. The van der Waals surface area contributed by atoms with Crippen molar-refractivity contribution in [1.82, 2.24) is 10.6 Å². The van der Waals surface area contributed by atoms with Crippen LogP contribution in [-0.2, 0) is 19.2 Å². The van der Waals surface area contributed by atoms with Crippen molar-refractivity contribution in [3.63, 3.8) is 0 Å². The molecule has 3 unspecified atom stereocenters. The second-order valence-corrected chi connectivity index (χ2v) is 9.18. The van der Waals surface area contributed by atoms with Gasteiger partial charge < -0.3 is 15.4 Å². The maximum absolute atomic E-state index is 12.6. The molecule has 6 nitrogen and oxygen atoms in total. The number of Topliss-reactive ketones (excluding diaryl/α,β-unsaturated/α-hetero) is 2. The summed E-state index contributed by atoms with van der Waals surface area (Å²) in [6.07, 6.45) is 10.1. The lowest BCUT2D eigenvalue weighted by Gasteiger charge is -2.22. The Hall–Kier alpha value is -1.72. The standard InChI is InChI=1S/C25H46N2O4/c1-6-8-10-12-19(3)16-24(30)26-22(13-11-9-7-2)18-25(31)27-23(17-21(5)29)15-14-20(4)28/h19,22-23H,6-18H2,1-5H3,(H,26,30)(H,27,31). The second-order valence-electron chi connectivity index (χ2n) is 9.18. The van der Waals surface area contributed by atoms with Gasteiger partial charge in [-0.25, -0.2) is 0 Å². The highest BCUT2D eigenvalue weighted by atomic mass is 16.2. The van der Waals surface area contributed by atoms with Gasteiger partial charge in [-0.3, -0.25) is 14.4 Å². The number of carbonyl (C=O) groups is 4. The SMILES string of the molecule is CCCCCC(C)CC(=O)NC(CCCCC)CC(=O)NC(CCC(C)=O)CC(C)=O. The molecule has 6 heteroatoms. The summed E-state index contributed by atoms with van der Waals surface area (Å²) < 4.78 is 0. The lowest BCUT2D eigenvalue weighted by Crippen LogP contribution is -2.43. The first-order chi connectivity index (χ1) is 14.7. The average molecular weight is 439 g/mol. The van der Waals surface area contributed by atoms with Gasteiger partial charge in [-0.05, 0) is 32.6 Å². The number of hydrogen-bond donors (Lipinski definition) is 2. The molecule has 0 aromatic heterocycles. The number of amides is 2. The number of hydrogen-bond acceptors (Lipinski definition) is 4. The molecule has 0 aliphatic carbocycles. The Balaban J connectivity index is 4.78. The molecule has 180 valence electrons. The monoisotopic (exact) mass is 438 g/mol. The van der Waals surface area contributed by atoms with Gasteiger partial charge in [0.05, 0.1) is 0 Å². The molecule has 0 radical (unpaired) electrons. The molecule has 2 N–H and O–H groups in total. The van der Waals surface area contributed by atoms with Gasteiger partial charge in [-0.1, -0.05) is 65.7 Å². The first-order valence-corrected chi connectivity index (χ1v) is 12.2. The summed E-state index contributed by atoms with van der Waals surface area (Å²) in [5.74, 6) is 0.199. The summed E-state index contributed by atoms with van der Waals surface area (Å²) >= 11 is 0. The molecule has 31 heavy (non-hydrogen) atoms. The summed E-state index contributed by atoms with van der Waals surface area (Å²) in [7, 11) is 0. The molecule has 3 atom stereocenters. The van der Waals surface area contributed by atoms with Crippen LogP contribution in [0.5, 0.6) is 0 Å². The molecule has 0 aliphatic heterocycles. The van der Waals surface area contributed by atoms with E-state index in [9.17, 15) is 19.2 Å². The van der Waals surface area contributed by atoms with Gasteiger partial charge in [-0.2, -0.15) is 0 Å². The molecule has 0 aromatic rings. The van der Waals surface area contributed by atoms with Gasteiger partial charge in [0, 0.05) is 37.8 Å². The van der Waals surface area contributed by atoms with E-state index in [0.29, 0.717) is 25.2 Å². The van der Waals surface area contributed by atoms with Crippen LogP contribution in [0.25, 0.3) is 0 Å². The largest absolute Gasteiger partial charge is 0.353 e. The molecule has 0 saturated heterocycles. The summed E-state index contributed by atoms with van der Waals surface area (Å²) in [4.78, 5) is 48.0. The first kappa shape index (κ1) is 29.3. The molecule has 0 rings (SSSR count). The van der Waals surface area contributed by atoms with E-state index in [0.717, 1.165) is 38.5 Å². The fraction of sp³-hybridized carbons (Fsp3) is 0.840. The Bertz CT molecular complexity index is 548. The summed E-state index contributed by atoms with van der Waals surface area (Å²) in [6, 6.07) is -0.535. The number of rotatable bonds is 19. The van der Waals surface area contributed by atoms with E-state index in [4.69, 9.17) is 0 Å². The zero-order valence-corrected chi connectivity index (χ0v) is 20.6. The van der Waals surface area contributed by atoms with E-state index in [1.165, 1.54) is 26.7 Å². The zero-order chi connectivity index (χ0) is 23.6. The third kappa shape index (κ3) is 17.6. The lowest BCUT2D eigenvalue weighted by atomic mass is 9.98. The minimum atomic E-state index is -0.334. The number of unbranched alkanes of at least 4 members (excludes halogenated alkanes) is 4. The van der Waals surface area contributed by atoms with Crippen molar-refractivity contribution in [2.45, 2.75) is 130 Å². The van der Waals surface area contributed by atoms with Crippen molar-refractivity contribution in [3.05, 3.63) is 0 Å². The van der Waals surface area contributed by atoms with Crippen LogP contribution in [-0.4, -0.2) is 35.5 Å². The third-order valence-corrected chi connectivity index (χ3v) is 5.53. The number of carbonyl (C=O) groups excluding carboxylic acids is 4. The van der Waals surface area contributed by atoms with E-state index in [1.54, 1.807) is 0 Å². The van der Waals surface area contributed by atoms with Crippen LogP contribution in [0.3, 0.4) is 0 Å². The van der Waals surface area contributed by atoms with Gasteiger partial charge in [0.25, 0.3) is 0 Å². The van der Waals surface area contributed by atoms with Gasteiger partial charge >= 0.3 is 0 Å². The molecular formula is C25H46N2O4. The fourth-order valence-corrected chi connectivity index (χ4v) is 3.77. The molecule has 0 bridgehead atoms. The van der Waals surface area contributed by atoms with E-state index < -0.39 is 0 Å². The van der Waals surface area contributed by atoms with Crippen LogP contribution in [0.4, 0.5) is 0 Å². The highest BCUT2D eigenvalue weighted by Gasteiger charge is 2.21. The normalized spacial score (nSPS) is 13.8. The van der Waals surface area contributed by atoms with E-state index in [2.05, 4.69) is 31.4 Å². The lowest BCUT2D eigenvalue weighted by molar-refractivity contribution is -0.125. The quantitative estimate of drug-likeness (QED) is 0.281. The summed E-state index contributed by atoms with van der Waals surface area (Å²) in [5.41, 5.74) is 0. The fourth-order valence-electron chi connectivity index (χ4n) is 3.77. The van der Waals surface area contributed by atoms with Gasteiger partial charge in [0.2, 0.25) is 11.8 Å². The van der Waals surface area contributed by atoms with Crippen LogP contribution in [0, 0.1) is 5.92 Å². The van der Waals surface area contributed by atoms with Crippen molar-refractivity contribution < 1.29 is 19.2 Å². The Morgan fingerprint density at radius 2 is 1.16 bits per heavy atom. The average Bonchev–Trinajstić information content (AvgIpc) is 2.65. The molecule has 2 amide bonds. The molecule has 0 fully saturated rings. The Kier molecular flexibility index (Phi) is 16.9. The van der Waals surface area contributed by atoms with E-state index in [1.807, 2.05) is 0 Å². The number of nitrogens with one attached hydrogen (secondary N) is 2. The predicted molar refractivity (Wildman–Crippen MR) is 126 cm³/mol. The molecule has 0 saturated carbocycles. The molecule has 0 aliphatic rings. The van der Waals surface area contributed by atoms with Gasteiger partial charge in [-0.15, -0.1) is 0 Å². The second kappa shape index (κ2) is 17.9. The number of ketones is 2. The molecule has 0 spiro atoms. The summed E-state index contributed by atoms with van der Waals surface area (Å²) in [6.45, 7) is 9.40. The van der Waals surface area contributed by atoms with Crippen LogP contribution in [0.2, 0.25) is 0 Å². The van der Waals surface area contributed by atoms with Crippen molar-refractivity contribution in [1.29, 1.82) is 0 Å². The van der Waals surface area contributed by atoms with Crippen LogP contribution < -0.4 is 10.6 Å². The van der Waals surface area contributed by atoms with E-state index in [-0.39, 0.29) is 48.3 Å². The van der Waals surface area contributed by atoms with Gasteiger partial charge in [0.15, 0.2) is 0 Å². The van der Waals surface area contributed by atoms with E-state index >= 15 is 0 Å². The highest BCUT2D eigenvalue weighted by molar-refractivity contribution is 5.81. The minimum absolute atomic E-state index is 0.00941.